The molecule has 2 aromatic carbocycles. The second kappa shape index (κ2) is 12.7. The molecule has 0 radical (unpaired) electrons. The number of rotatable bonds is 13. The van der Waals surface area contributed by atoms with E-state index in [1.807, 2.05) is 25.1 Å². The van der Waals surface area contributed by atoms with Crippen LogP contribution in [0.15, 0.2) is 54.7 Å². The van der Waals surface area contributed by atoms with E-state index in [2.05, 4.69) is 22.0 Å². The second-order valence-electron chi connectivity index (χ2n) is 8.76. The number of ether oxygens (including phenoxy) is 2. The molecule has 0 spiro atoms. The highest BCUT2D eigenvalue weighted by Crippen LogP contribution is 2.30. The molecule has 1 atom stereocenters. The summed E-state index contributed by atoms with van der Waals surface area (Å²) in [6.07, 6.45) is 2.83. The van der Waals surface area contributed by atoms with Gasteiger partial charge in [0, 0.05) is 23.9 Å². The Hall–Kier alpha value is -3.41. The first-order chi connectivity index (χ1) is 17.6. The number of methoxy groups -OCH3 is 2. The molecule has 0 saturated heterocycles. The molecule has 1 amide bonds. The Kier molecular flexibility index (Phi) is 9.67. The van der Waals surface area contributed by atoms with Crippen LogP contribution in [0.4, 0.5) is 0 Å². The minimum atomic E-state index is -3.56. The fourth-order valence-electron chi connectivity index (χ4n) is 4.01. The first-order valence-corrected chi connectivity index (χ1v) is 13.7. The zero-order valence-electron chi connectivity index (χ0n) is 21.5. The molecule has 0 aliphatic rings. The van der Waals surface area contributed by atoms with Crippen molar-refractivity contribution < 1.29 is 27.8 Å². The third kappa shape index (κ3) is 8.31. The largest absolute Gasteiger partial charge is 0.496 e. The summed E-state index contributed by atoms with van der Waals surface area (Å²) in [4.78, 5) is 15.4. The maximum absolute atomic E-state index is 13.6. The van der Waals surface area contributed by atoms with Crippen molar-refractivity contribution in [2.45, 2.75) is 39.1 Å². The van der Waals surface area contributed by atoms with E-state index in [-0.39, 0.29) is 19.0 Å². The highest BCUT2D eigenvalue weighted by Gasteiger charge is 2.21. The summed E-state index contributed by atoms with van der Waals surface area (Å²) in [6.45, 7) is 2.51. The Morgan fingerprint density at radius 2 is 1.78 bits per heavy atom. The lowest BCUT2D eigenvalue weighted by Gasteiger charge is -2.23. The summed E-state index contributed by atoms with van der Waals surface area (Å²) in [5.41, 5.74) is 3.03. The van der Waals surface area contributed by atoms with Crippen LogP contribution in [0.5, 0.6) is 11.5 Å². The van der Waals surface area contributed by atoms with Gasteiger partial charge in [-0.25, -0.2) is 8.42 Å². The lowest BCUT2D eigenvalue weighted by Crippen LogP contribution is -2.37. The van der Waals surface area contributed by atoms with Gasteiger partial charge in [0.2, 0.25) is 10.0 Å². The predicted octanol–water partition coefficient (Wildman–Crippen LogP) is 2.35. The molecule has 37 heavy (non-hydrogen) atoms. The average molecular weight is 531 g/mol. The van der Waals surface area contributed by atoms with Crippen molar-refractivity contribution in [1.29, 1.82) is 0 Å². The molecule has 200 valence electrons. The van der Waals surface area contributed by atoms with Crippen molar-refractivity contribution >= 4 is 15.9 Å². The number of aryl methyl sites for hydroxylation is 1. The summed E-state index contributed by atoms with van der Waals surface area (Å²) in [6, 6.07) is 15.2. The second-order valence-corrected chi connectivity index (χ2v) is 10.5. The van der Waals surface area contributed by atoms with Gasteiger partial charge in [-0.05, 0) is 43.5 Å². The number of carbonyl (C=O) groups excluding carboxylic acids is 1. The van der Waals surface area contributed by atoms with E-state index in [0.29, 0.717) is 29.3 Å². The van der Waals surface area contributed by atoms with Crippen molar-refractivity contribution in [3.8, 4) is 11.5 Å². The molecule has 1 heterocycles. The molecule has 2 N–H and O–H groups in total. The van der Waals surface area contributed by atoms with Gasteiger partial charge in [-0.15, -0.1) is 0 Å². The van der Waals surface area contributed by atoms with Crippen molar-refractivity contribution in [2.75, 3.05) is 27.0 Å². The van der Waals surface area contributed by atoms with E-state index >= 15 is 0 Å². The number of hydrogen-bond donors (Lipinski definition) is 2. The molecule has 0 saturated carbocycles. The minimum absolute atomic E-state index is 0.0681. The molecule has 0 aliphatic carbocycles. The van der Waals surface area contributed by atoms with Gasteiger partial charge in [0.25, 0.3) is 5.91 Å². The third-order valence-corrected chi connectivity index (χ3v) is 6.48. The molecule has 0 aliphatic heterocycles. The maximum atomic E-state index is 13.6. The van der Waals surface area contributed by atoms with E-state index in [4.69, 9.17) is 9.47 Å². The van der Waals surface area contributed by atoms with Crippen LogP contribution in [0.1, 0.15) is 33.6 Å². The van der Waals surface area contributed by atoms with Crippen LogP contribution < -0.4 is 14.2 Å². The SMILES string of the molecule is COc1cc(C(=O)N(CCCc2ccccc2)Cc2ccn(CC(O)NS(C)(=O)=O)n2)cc(OC)c1C. The normalized spacial score (nSPS) is 12.2. The summed E-state index contributed by atoms with van der Waals surface area (Å²) in [5.74, 6) is 0.921. The summed E-state index contributed by atoms with van der Waals surface area (Å²) >= 11 is 0. The van der Waals surface area contributed by atoms with Crippen LogP contribution in [0.2, 0.25) is 0 Å². The summed E-state index contributed by atoms with van der Waals surface area (Å²) in [7, 11) is -0.462. The molecular formula is C26H34N4O6S. The Morgan fingerprint density at radius 1 is 1.14 bits per heavy atom. The number of sulfonamides is 1. The van der Waals surface area contributed by atoms with Gasteiger partial charge in [-0.3, -0.25) is 9.48 Å². The van der Waals surface area contributed by atoms with Crippen molar-refractivity contribution in [2.24, 2.45) is 0 Å². The van der Waals surface area contributed by atoms with E-state index in [1.165, 1.54) is 10.2 Å². The molecule has 0 bridgehead atoms. The number of aliphatic hydroxyl groups is 1. The molecule has 11 heteroatoms. The van der Waals surface area contributed by atoms with E-state index in [9.17, 15) is 18.3 Å². The van der Waals surface area contributed by atoms with Crippen LogP contribution in [-0.4, -0.2) is 67.4 Å². The molecule has 3 aromatic rings. The van der Waals surface area contributed by atoms with Gasteiger partial charge < -0.3 is 19.5 Å². The predicted molar refractivity (Wildman–Crippen MR) is 140 cm³/mol. The first-order valence-electron chi connectivity index (χ1n) is 11.8. The van der Waals surface area contributed by atoms with Gasteiger partial charge in [-0.2, -0.15) is 9.82 Å². The van der Waals surface area contributed by atoms with Gasteiger partial charge >= 0.3 is 0 Å². The van der Waals surface area contributed by atoms with Gasteiger partial charge in [0.05, 0.1) is 39.3 Å². The zero-order chi connectivity index (χ0) is 27.0. The number of carbonyl (C=O) groups is 1. The zero-order valence-corrected chi connectivity index (χ0v) is 22.4. The summed E-state index contributed by atoms with van der Waals surface area (Å²) in [5, 5.41) is 14.4. The van der Waals surface area contributed by atoms with E-state index in [1.54, 1.807) is 43.5 Å². The number of aromatic nitrogens is 2. The van der Waals surface area contributed by atoms with Crippen molar-refractivity contribution in [1.82, 2.24) is 19.4 Å². The Bertz CT molecular complexity index is 1270. The summed E-state index contributed by atoms with van der Waals surface area (Å²) < 4.78 is 37.1. The van der Waals surface area contributed by atoms with E-state index < -0.39 is 16.3 Å². The highest BCUT2D eigenvalue weighted by atomic mass is 32.2. The minimum Gasteiger partial charge on any atom is -0.496 e. The number of amides is 1. The number of hydrogen-bond acceptors (Lipinski definition) is 7. The third-order valence-electron chi connectivity index (χ3n) is 5.78. The topological polar surface area (TPSA) is 123 Å². The van der Waals surface area contributed by atoms with Gasteiger partial charge in [-0.1, -0.05) is 30.3 Å². The van der Waals surface area contributed by atoms with Crippen LogP contribution in [0, 0.1) is 6.92 Å². The Balaban J connectivity index is 1.80. The standard InChI is InChI=1S/C26H34N4O6S/c1-19-23(35-2)15-21(16-24(19)36-3)26(32)29(13-8-11-20-9-6-5-7-10-20)17-22-12-14-30(27-22)18-25(31)28-37(4,33)34/h5-7,9-10,12,14-16,25,28,31H,8,11,13,17-18H2,1-4H3. The maximum Gasteiger partial charge on any atom is 0.254 e. The molecule has 1 aromatic heterocycles. The van der Waals surface area contributed by atoms with Crippen LogP contribution in [0.25, 0.3) is 0 Å². The lowest BCUT2D eigenvalue weighted by molar-refractivity contribution is 0.0737. The smallest absolute Gasteiger partial charge is 0.254 e. The average Bonchev–Trinajstić information content (AvgIpc) is 3.29. The monoisotopic (exact) mass is 530 g/mol. The van der Waals surface area contributed by atoms with Crippen molar-refractivity contribution in [3.63, 3.8) is 0 Å². The quantitative estimate of drug-likeness (QED) is 0.325. The Labute approximate surface area is 217 Å². The molecular weight excluding hydrogens is 496 g/mol. The molecule has 3 rings (SSSR count). The molecule has 1 unspecified atom stereocenters. The van der Waals surface area contributed by atoms with E-state index in [0.717, 1.165) is 24.7 Å². The number of nitrogens with one attached hydrogen (secondary N) is 1. The van der Waals surface area contributed by atoms with Gasteiger partial charge in [0.1, 0.15) is 17.7 Å². The molecule has 0 fully saturated rings. The number of aliphatic hydroxyl groups excluding tert-OH is 1. The Morgan fingerprint density at radius 3 is 2.38 bits per heavy atom. The van der Waals surface area contributed by atoms with Gasteiger partial charge in [0.15, 0.2) is 0 Å². The fourth-order valence-corrected chi connectivity index (χ4v) is 4.58. The number of benzene rings is 2. The van der Waals surface area contributed by atoms with Crippen LogP contribution >= 0.6 is 0 Å². The number of nitrogens with zero attached hydrogens (tertiary/aromatic N) is 3. The van der Waals surface area contributed by atoms with Crippen molar-refractivity contribution in [3.05, 3.63) is 77.1 Å². The van der Waals surface area contributed by atoms with Crippen LogP contribution in [0.3, 0.4) is 0 Å². The fraction of sp³-hybridized carbons (Fsp3) is 0.385. The van der Waals surface area contributed by atoms with Crippen LogP contribution in [-0.2, 0) is 29.5 Å². The lowest BCUT2D eigenvalue weighted by atomic mass is 10.1. The molecule has 10 nitrogen and oxygen atoms in total. The highest BCUT2D eigenvalue weighted by molar-refractivity contribution is 7.88. The first kappa shape index (κ1) is 28.2.